The van der Waals surface area contributed by atoms with Crippen molar-refractivity contribution in [2.24, 2.45) is 11.8 Å². The summed E-state index contributed by atoms with van der Waals surface area (Å²) in [6.45, 7) is 2.55. The number of rotatable bonds is 3. The van der Waals surface area contributed by atoms with Gasteiger partial charge in [0.1, 0.15) is 0 Å². The summed E-state index contributed by atoms with van der Waals surface area (Å²) >= 11 is 0. The average Bonchev–Trinajstić information content (AvgIpc) is 2.73. The van der Waals surface area contributed by atoms with E-state index in [1.807, 2.05) is 0 Å². The molecule has 2 fully saturated rings. The molecule has 3 N–H and O–H groups in total. The molecule has 0 aromatic heterocycles. The number of carbonyl (C=O) groups is 1. The van der Waals surface area contributed by atoms with E-state index >= 15 is 0 Å². The first-order valence-electron chi connectivity index (χ1n) is 6.44. The van der Waals surface area contributed by atoms with Gasteiger partial charge in [0.15, 0.2) is 0 Å². The molecule has 1 saturated heterocycles. The van der Waals surface area contributed by atoms with Crippen LogP contribution in [-0.2, 0) is 4.79 Å². The summed E-state index contributed by atoms with van der Waals surface area (Å²) in [5, 5.41) is 15.9. The molecule has 2 rings (SSSR count). The maximum Gasteiger partial charge on any atom is 0.223 e. The molecular weight excluding hydrogens is 204 g/mol. The Labute approximate surface area is 96.8 Å². The predicted octanol–water partition coefficient (Wildman–Crippen LogP) is 0.263. The van der Waals surface area contributed by atoms with Crippen LogP contribution >= 0.6 is 0 Å². The van der Waals surface area contributed by atoms with Crippen LogP contribution in [0.2, 0.25) is 0 Å². The van der Waals surface area contributed by atoms with Crippen molar-refractivity contribution >= 4 is 5.91 Å². The molecule has 1 amide bonds. The van der Waals surface area contributed by atoms with Gasteiger partial charge in [0.2, 0.25) is 5.91 Å². The van der Waals surface area contributed by atoms with Gasteiger partial charge in [-0.15, -0.1) is 0 Å². The Kier molecular flexibility index (Phi) is 4.18. The number of aliphatic hydroxyl groups excluding tert-OH is 1. The summed E-state index contributed by atoms with van der Waals surface area (Å²) in [7, 11) is 0. The zero-order valence-corrected chi connectivity index (χ0v) is 9.74. The van der Waals surface area contributed by atoms with Gasteiger partial charge < -0.3 is 15.7 Å². The van der Waals surface area contributed by atoms with Crippen molar-refractivity contribution in [2.75, 3.05) is 19.6 Å². The molecule has 16 heavy (non-hydrogen) atoms. The van der Waals surface area contributed by atoms with Crippen LogP contribution in [0.3, 0.4) is 0 Å². The van der Waals surface area contributed by atoms with Crippen LogP contribution in [-0.4, -0.2) is 36.8 Å². The third kappa shape index (κ3) is 2.95. The van der Waals surface area contributed by atoms with E-state index in [1.165, 1.54) is 0 Å². The molecule has 0 radical (unpaired) electrons. The molecule has 1 aliphatic carbocycles. The smallest absolute Gasteiger partial charge is 0.223 e. The second-order valence-corrected chi connectivity index (χ2v) is 5.03. The Morgan fingerprint density at radius 1 is 1.25 bits per heavy atom. The van der Waals surface area contributed by atoms with Crippen LogP contribution in [0.25, 0.3) is 0 Å². The second kappa shape index (κ2) is 5.64. The number of hydrogen-bond acceptors (Lipinski definition) is 3. The molecule has 1 saturated carbocycles. The maximum absolute atomic E-state index is 11.8. The van der Waals surface area contributed by atoms with Crippen molar-refractivity contribution in [3.05, 3.63) is 0 Å². The number of amides is 1. The molecule has 1 heterocycles. The van der Waals surface area contributed by atoms with E-state index < -0.39 is 0 Å². The molecular formula is C12H22N2O2. The van der Waals surface area contributed by atoms with Crippen LogP contribution < -0.4 is 10.6 Å². The molecule has 1 aliphatic heterocycles. The summed E-state index contributed by atoms with van der Waals surface area (Å²) in [4.78, 5) is 11.8. The van der Waals surface area contributed by atoms with Crippen molar-refractivity contribution in [1.29, 1.82) is 0 Å². The van der Waals surface area contributed by atoms with E-state index in [0.29, 0.717) is 6.54 Å². The van der Waals surface area contributed by atoms with Gasteiger partial charge in [0, 0.05) is 18.4 Å². The number of aliphatic hydroxyl groups is 1. The molecule has 4 heteroatoms. The minimum absolute atomic E-state index is 0.180. The maximum atomic E-state index is 11.8. The quantitative estimate of drug-likeness (QED) is 0.647. The second-order valence-electron chi connectivity index (χ2n) is 5.03. The summed E-state index contributed by atoms with van der Waals surface area (Å²) in [6.07, 6.45) is 4.72. The monoisotopic (exact) mass is 226 g/mol. The highest BCUT2D eigenvalue weighted by molar-refractivity contribution is 5.78. The summed E-state index contributed by atoms with van der Waals surface area (Å²) < 4.78 is 0. The minimum atomic E-state index is -0.201. The molecule has 92 valence electrons. The fourth-order valence-corrected chi connectivity index (χ4v) is 2.72. The number of hydrogen-bond donors (Lipinski definition) is 3. The van der Waals surface area contributed by atoms with Crippen LogP contribution in [0, 0.1) is 11.8 Å². The molecule has 0 aromatic carbocycles. The van der Waals surface area contributed by atoms with Crippen molar-refractivity contribution in [3.63, 3.8) is 0 Å². The van der Waals surface area contributed by atoms with Crippen LogP contribution in [0.5, 0.6) is 0 Å². The van der Waals surface area contributed by atoms with E-state index in [-0.39, 0.29) is 23.8 Å². The Hall–Kier alpha value is -0.610. The molecule has 0 aromatic rings. The largest absolute Gasteiger partial charge is 0.393 e. The molecule has 0 spiro atoms. The Morgan fingerprint density at radius 2 is 2.00 bits per heavy atom. The SMILES string of the molecule is O=C(NCC1CCCC1O)C1CCNCC1. The van der Waals surface area contributed by atoms with Crippen LogP contribution in [0.15, 0.2) is 0 Å². The molecule has 2 atom stereocenters. The average molecular weight is 226 g/mol. The first-order chi connectivity index (χ1) is 7.77. The van der Waals surface area contributed by atoms with Crippen LogP contribution in [0.1, 0.15) is 32.1 Å². The van der Waals surface area contributed by atoms with Gasteiger partial charge in [-0.05, 0) is 38.8 Å². The lowest BCUT2D eigenvalue weighted by Crippen LogP contribution is -2.40. The van der Waals surface area contributed by atoms with E-state index in [1.54, 1.807) is 0 Å². The number of carbonyl (C=O) groups excluding carboxylic acids is 1. The third-order valence-electron chi connectivity index (χ3n) is 3.87. The normalized spacial score (nSPS) is 31.6. The van der Waals surface area contributed by atoms with Gasteiger partial charge in [-0.1, -0.05) is 6.42 Å². The van der Waals surface area contributed by atoms with E-state index in [0.717, 1.165) is 45.2 Å². The first-order valence-corrected chi connectivity index (χ1v) is 6.44. The van der Waals surface area contributed by atoms with Crippen molar-refractivity contribution in [3.8, 4) is 0 Å². The highest BCUT2D eigenvalue weighted by Crippen LogP contribution is 2.24. The summed E-state index contributed by atoms with van der Waals surface area (Å²) in [5.41, 5.74) is 0. The minimum Gasteiger partial charge on any atom is -0.393 e. The van der Waals surface area contributed by atoms with Gasteiger partial charge in [0.25, 0.3) is 0 Å². The number of piperidine rings is 1. The standard InChI is InChI=1S/C12H22N2O2/c15-11-3-1-2-10(11)8-14-12(16)9-4-6-13-7-5-9/h9-11,13,15H,1-8H2,(H,14,16). The molecule has 2 unspecified atom stereocenters. The first kappa shape index (κ1) is 11.9. The van der Waals surface area contributed by atoms with E-state index in [2.05, 4.69) is 10.6 Å². The lowest BCUT2D eigenvalue weighted by atomic mass is 9.97. The summed E-state index contributed by atoms with van der Waals surface area (Å²) in [5.74, 6) is 0.645. The van der Waals surface area contributed by atoms with Gasteiger partial charge >= 0.3 is 0 Å². The predicted molar refractivity (Wildman–Crippen MR) is 62.0 cm³/mol. The zero-order valence-electron chi connectivity index (χ0n) is 9.74. The van der Waals surface area contributed by atoms with Crippen molar-refractivity contribution in [1.82, 2.24) is 10.6 Å². The highest BCUT2D eigenvalue weighted by atomic mass is 16.3. The van der Waals surface area contributed by atoms with Crippen molar-refractivity contribution < 1.29 is 9.90 Å². The summed E-state index contributed by atoms with van der Waals surface area (Å²) in [6, 6.07) is 0. The highest BCUT2D eigenvalue weighted by Gasteiger charge is 2.27. The van der Waals surface area contributed by atoms with Gasteiger partial charge in [-0.2, -0.15) is 0 Å². The molecule has 2 aliphatic rings. The fourth-order valence-electron chi connectivity index (χ4n) is 2.72. The van der Waals surface area contributed by atoms with Crippen molar-refractivity contribution in [2.45, 2.75) is 38.2 Å². The Bertz CT molecular complexity index is 239. The lowest BCUT2D eigenvalue weighted by Gasteiger charge is -2.23. The van der Waals surface area contributed by atoms with Gasteiger partial charge in [0.05, 0.1) is 6.10 Å². The van der Waals surface area contributed by atoms with Crippen LogP contribution in [0.4, 0.5) is 0 Å². The van der Waals surface area contributed by atoms with E-state index in [4.69, 9.17) is 0 Å². The van der Waals surface area contributed by atoms with Gasteiger partial charge in [-0.25, -0.2) is 0 Å². The zero-order chi connectivity index (χ0) is 11.4. The molecule has 0 bridgehead atoms. The third-order valence-corrected chi connectivity index (χ3v) is 3.87. The lowest BCUT2D eigenvalue weighted by molar-refractivity contribution is -0.126. The van der Waals surface area contributed by atoms with E-state index in [9.17, 15) is 9.90 Å². The van der Waals surface area contributed by atoms with Gasteiger partial charge in [-0.3, -0.25) is 4.79 Å². The molecule has 4 nitrogen and oxygen atoms in total. The Morgan fingerprint density at radius 3 is 2.62 bits per heavy atom. The fraction of sp³-hybridized carbons (Fsp3) is 0.917. The number of nitrogens with one attached hydrogen (secondary N) is 2. The Balaban J connectivity index is 1.70. The topological polar surface area (TPSA) is 61.4 Å².